The van der Waals surface area contributed by atoms with Crippen LogP contribution in [0.25, 0.3) is 0 Å². The Hall–Kier alpha value is -2.51. The number of carbonyl (C=O) groups excluding carboxylic acids is 1. The number of aromatic nitrogens is 3. The molecule has 3 rings (SSSR count). The smallest absolute Gasteiger partial charge is 0.234 e. The second kappa shape index (κ2) is 8.73. The van der Waals surface area contributed by atoms with E-state index in [4.69, 9.17) is 16.3 Å². The lowest BCUT2D eigenvalue weighted by Crippen LogP contribution is -2.14. The van der Waals surface area contributed by atoms with Crippen molar-refractivity contribution < 1.29 is 9.53 Å². The number of thioether (sulfide) groups is 1. The molecule has 6 nitrogen and oxygen atoms in total. The molecule has 1 aromatic heterocycles. The Labute approximate surface area is 160 Å². The molecular formula is C18H17ClN4O2S. The molecule has 0 saturated heterocycles. The Kier molecular flexibility index (Phi) is 6.14. The molecule has 0 spiro atoms. The maximum absolute atomic E-state index is 12.0. The van der Waals surface area contributed by atoms with Gasteiger partial charge in [-0.25, -0.2) is 0 Å². The van der Waals surface area contributed by atoms with Gasteiger partial charge in [0, 0.05) is 17.8 Å². The predicted octanol–water partition coefficient (Wildman–Crippen LogP) is 3.78. The molecular weight excluding hydrogens is 372 g/mol. The Morgan fingerprint density at radius 3 is 2.62 bits per heavy atom. The molecule has 2 aromatic carbocycles. The summed E-state index contributed by atoms with van der Waals surface area (Å²) >= 11 is 7.17. The molecule has 1 N–H and O–H groups in total. The van der Waals surface area contributed by atoms with E-state index in [-0.39, 0.29) is 18.3 Å². The highest BCUT2D eigenvalue weighted by atomic mass is 35.5. The van der Waals surface area contributed by atoms with Gasteiger partial charge in [0.1, 0.15) is 12.4 Å². The minimum Gasteiger partial charge on any atom is -0.486 e. The molecule has 0 aliphatic carbocycles. The highest BCUT2D eigenvalue weighted by molar-refractivity contribution is 7.99. The van der Waals surface area contributed by atoms with E-state index < -0.39 is 0 Å². The number of ether oxygens (including phenoxy) is 1. The summed E-state index contributed by atoms with van der Waals surface area (Å²) < 4.78 is 7.49. The number of nitrogens with zero attached hydrogens (tertiary/aromatic N) is 3. The van der Waals surface area contributed by atoms with E-state index in [2.05, 4.69) is 15.5 Å². The van der Waals surface area contributed by atoms with Crippen LogP contribution >= 0.6 is 23.4 Å². The fourth-order valence-corrected chi connectivity index (χ4v) is 2.98. The summed E-state index contributed by atoms with van der Waals surface area (Å²) in [6, 6.07) is 16.5. The SMILES string of the molecule is Cn1c(COc2ccc(Cl)cc2)nnc1SCC(=O)Nc1ccccc1. The summed E-state index contributed by atoms with van der Waals surface area (Å²) in [7, 11) is 1.85. The highest BCUT2D eigenvalue weighted by Gasteiger charge is 2.12. The summed E-state index contributed by atoms with van der Waals surface area (Å²) in [6.45, 7) is 0.280. The van der Waals surface area contributed by atoms with Gasteiger partial charge in [0.05, 0.1) is 5.75 Å². The van der Waals surface area contributed by atoms with Crippen LogP contribution in [0.4, 0.5) is 5.69 Å². The number of halogens is 1. The van der Waals surface area contributed by atoms with Crippen molar-refractivity contribution in [3.8, 4) is 5.75 Å². The lowest BCUT2D eigenvalue weighted by molar-refractivity contribution is -0.113. The lowest BCUT2D eigenvalue weighted by Gasteiger charge is -2.07. The third-order valence-corrected chi connectivity index (χ3v) is 4.77. The van der Waals surface area contributed by atoms with Gasteiger partial charge in [-0.1, -0.05) is 41.6 Å². The summed E-state index contributed by atoms with van der Waals surface area (Å²) in [5.74, 6) is 1.53. The first-order chi connectivity index (χ1) is 12.6. The molecule has 0 fully saturated rings. The standard InChI is InChI=1S/C18H17ClN4O2S/c1-23-16(11-25-15-9-7-13(19)8-10-15)21-22-18(23)26-12-17(24)20-14-5-3-2-4-6-14/h2-10H,11-12H2,1H3,(H,20,24). The Bertz CT molecular complexity index is 869. The van der Waals surface area contributed by atoms with Gasteiger partial charge < -0.3 is 14.6 Å². The largest absolute Gasteiger partial charge is 0.486 e. The molecule has 26 heavy (non-hydrogen) atoms. The number of carbonyl (C=O) groups is 1. The summed E-state index contributed by atoms with van der Waals surface area (Å²) in [5.41, 5.74) is 0.771. The Morgan fingerprint density at radius 2 is 1.88 bits per heavy atom. The minimum absolute atomic E-state index is 0.0943. The van der Waals surface area contributed by atoms with Crippen molar-refractivity contribution in [1.29, 1.82) is 0 Å². The second-order valence-electron chi connectivity index (χ2n) is 5.40. The monoisotopic (exact) mass is 388 g/mol. The van der Waals surface area contributed by atoms with Crippen LogP contribution in [0.3, 0.4) is 0 Å². The molecule has 0 saturated carbocycles. The normalized spacial score (nSPS) is 10.5. The maximum atomic E-state index is 12.0. The van der Waals surface area contributed by atoms with Crippen molar-refractivity contribution in [2.24, 2.45) is 7.05 Å². The second-order valence-corrected chi connectivity index (χ2v) is 6.78. The van der Waals surface area contributed by atoms with Crippen molar-refractivity contribution >= 4 is 35.0 Å². The molecule has 1 heterocycles. The Balaban J connectivity index is 1.51. The van der Waals surface area contributed by atoms with Gasteiger partial charge in [-0.3, -0.25) is 4.79 Å². The molecule has 0 unspecified atom stereocenters. The number of rotatable bonds is 7. The average molecular weight is 389 g/mol. The minimum atomic E-state index is -0.0943. The van der Waals surface area contributed by atoms with Crippen molar-refractivity contribution in [3.05, 3.63) is 65.4 Å². The molecule has 1 amide bonds. The molecule has 0 aliphatic rings. The molecule has 8 heteroatoms. The number of hydrogen-bond acceptors (Lipinski definition) is 5. The molecule has 0 aliphatic heterocycles. The van der Waals surface area contributed by atoms with Gasteiger partial charge in [0.2, 0.25) is 5.91 Å². The van der Waals surface area contributed by atoms with Crippen molar-refractivity contribution in [2.45, 2.75) is 11.8 Å². The zero-order chi connectivity index (χ0) is 18.4. The number of hydrogen-bond donors (Lipinski definition) is 1. The number of para-hydroxylation sites is 1. The van der Waals surface area contributed by atoms with E-state index in [0.29, 0.717) is 21.8 Å². The van der Waals surface area contributed by atoms with Crippen LogP contribution < -0.4 is 10.1 Å². The van der Waals surface area contributed by atoms with E-state index in [1.54, 1.807) is 24.3 Å². The van der Waals surface area contributed by atoms with Gasteiger partial charge in [-0.05, 0) is 36.4 Å². The van der Waals surface area contributed by atoms with E-state index in [9.17, 15) is 4.79 Å². The highest BCUT2D eigenvalue weighted by Crippen LogP contribution is 2.19. The number of amides is 1. The van der Waals surface area contributed by atoms with E-state index in [1.165, 1.54) is 11.8 Å². The van der Waals surface area contributed by atoms with Gasteiger partial charge in [-0.15, -0.1) is 10.2 Å². The van der Waals surface area contributed by atoms with Crippen LogP contribution in [-0.2, 0) is 18.4 Å². The van der Waals surface area contributed by atoms with Crippen molar-refractivity contribution in [3.63, 3.8) is 0 Å². The number of benzene rings is 2. The fourth-order valence-electron chi connectivity index (χ4n) is 2.12. The van der Waals surface area contributed by atoms with Gasteiger partial charge in [-0.2, -0.15) is 0 Å². The average Bonchev–Trinajstić information content (AvgIpc) is 3.00. The molecule has 3 aromatic rings. The first-order valence-electron chi connectivity index (χ1n) is 7.86. The van der Waals surface area contributed by atoms with E-state index >= 15 is 0 Å². The van der Waals surface area contributed by atoms with E-state index in [1.807, 2.05) is 41.9 Å². The fraction of sp³-hybridized carbons (Fsp3) is 0.167. The topological polar surface area (TPSA) is 69.0 Å². The van der Waals surface area contributed by atoms with Crippen LogP contribution in [0.1, 0.15) is 5.82 Å². The van der Waals surface area contributed by atoms with Gasteiger partial charge in [0.15, 0.2) is 11.0 Å². The van der Waals surface area contributed by atoms with Gasteiger partial charge >= 0.3 is 0 Å². The molecule has 134 valence electrons. The maximum Gasteiger partial charge on any atom is 0.234 e. The number of nitrogens with one attached hydrogen (secondary N) is 1. The van der Waals surface area contributed by atoms with Gasteiger partial charge in [0.25, 0.3) is 0 Å². The molecule has 0 bridgehead atoms. The summed E-state index contributed by atoms with van der Waals surface area (Å²) in [6.07, 6.45) is 0. The third kappa shape index (κ3) is 5.00. The molecule has 0 radical (unpaired) electrons. The van der Waals surface area contributed by atoms with Crippen LogP contribution in [0.2, 0.25) is 5.02 Å². The van der Waals surface area contributed by atoms with Crippen molar-refractivity contribution in [1.82, 2.24) is 14.8 Å². The Morgan fingerprint density at radius 1 is 1.15 bits per heavy atom. The zero-order valence-electron chi connectivity index (χ0n) is 14.1. The van der Waals surface area contributed by atoms with Crippen LogP contribution in [0.5, 0.6) is 5.75 Å². The predicted molar refractivity (Wildman–Crippen MR) is 103 cm³/mol. The number of anilines is 1. The van der Waals surface area contributed by atoms with Crippen molar-refractivity contribution in [2.75, 3.05) is 11.1 Å². The third-order valence-electron chi connectivity index (χ3n) is 3.50. The summed E-state index contributed by atoms with van der Waals surface area (Å²) in [4.78, 5) is 12.0. The van der Waals surface area contributed by atoms with Crippen LogP contribution in [-0.4, -0.2) is 26.4 Å². The summed E-state index contributed by atoms with van der Waals surface area (Å²) in [5, 5.41) is 12.4. The van der Waals surface area contributed by atoms with E-state index in [0.717, 1.165) is 5.69 Å². The first-order valence-corrected chi connectivity index (χ1v) is 9.22. The quantitative estimate of drug-likeness (QED) is 0.624. The zero-order valence-corrected chi connectivity index (χ0v) is 15.6. The lowest BCUT2D eigenvalue weighted by atomic mass is 10.3. The molecule has 0 atom stereocenters. The first kappa shape index (κ1) is 18.3. The van der Waals surface area contributed by atoms with Crippen LogP contribution in [0, 0.1) is 0 Å². The van der Waals surface area contributed by atoms with Crippen LogP contribution in [0.15, 0.2) is 59.8 Å².